The molecular weight excluding hydrogens is 657 g/mol. The number of likely N-dealkylation sites (tertiary alicyclic amines) is 2. The van der Waals surface area contributed by atoms with Crippen molar-refractivity contribution in [2.75, 3.05) is 32.6 Å². The van der Waals surface area contributed by atoms with E-state index in [1.807, 2.05) is 65.1 Å². The predicted molar refractivity (Wildman–Crippen MR) is 209 cm³/mol. The molecule has 5 heterocycles. The van der Waals surface area contributed by atoms with Crippen LogP contribution in [0.4, 0.5) is 10.2 Å². The highest BCUT2D eigenvalue weighted by molar-refractivity contribution is 6.00. The van der Waals surface area contributed by atoms with E-state index in [0.717, 1.165) is 43.4 Å². The summed E-state index contributed by atoms with van der Waals surface area (Å²) in [5.74, 6) is -0.380. The van der Waals surface area contributed by atoms with Crippen LogP contribution in [0.15, 0.2) is 78.0 Å². The van der Waals surface area contributed by atoms with Crippen molar-refractivity contribution in [2.24, 2.45) is 0 Å². The third-order valence-corrected chi connectivity index (χ3v) is 9.27. The van der Waals surface area contributed by atoms with Crippen LogP contribution < -0.4 is 16.2 Å². The van der Waals surface area contributed by atoms with Gasteiger partial charge >= 0.3 is 0 Å². The van der Waals surface area contributed by atoms with Gasteiger partial charge in [-0.15, -0.1) is 0 Å². The zero-order valence-electron chi connectivity index (χ0n) is 32.0. The molecule has 0 bridgehead atoms. The smallest absolute Gasteiger partial charge is 0.282 e. The minimum absolute atomic E-state index is 0.0288. The summed E-state index contributed by atoms with van der Waals surface area (Å²) in [4.78, 5) is 36.3. The first-order valence-electron chi connectivity index (χ1n) is 18.0. The standard InChI is InChI=1S/C35H36FN7O2.C3H8.C2H6.CH4O/c1-20-11-27(40-31-10-9-21(14-37-31)17-42-19-29-30(42)18-41(29)5)33(44)38-16-25-24(20)7-6-8-28(25)43-34(45)32-22(15-39-43)12-23(13-26(32)36)35(2,3)4;1-3-2;2*1-2/h6-15,29-30H,1,16-19H2,2-5H3,(H,37,40)(H,38,44);3H2,1-2H3;1-2H3;2H,1H3/b27-11+;;;. The highest BCUT2D eigenvalue weighted by Gasteiger charge is 2.49. The number of nitrogens with one attached hydrogen (secondary N) is 2. The lowest BCUT2D eigenvalue weighted by Gasteiger charge is -2.61. The van der Waals surface area contributed by atoms with Crippen molar-refractivity contribution in [1.29, 1.82) is 0 Å². The Bertz CT molecular complexity index is 1980. The van der Waals surface area contributed by atoms with Crippen LogP contribution in [0.5, 0.6) is 0 Å². The van der Waals surface area contributed by atoms with Crippen molar-refractivity contribution in [3.8, 4) is 5.69 Å². The van der Waals surface area contributed by atoms with E-state index in [9.17, 15) is 9.59 Å². The number of rotatable bonds is 5. The molecule has 3 N–H and O–H groups in total. The molecule has 2 aromatic heterocycles. The first-order valence-corrected chi connectivity index (χ1v) is 18.0. The lowest BCUT2D eigenvalue weighted by molar-refractivity contribution is -0.117. The molecule has 10 nitrogen and oxygen atoms in total. The summed E-state index contributed by atoms with van der Waals surface area (Å²) in [7, 11) is 3.17. The molecule has 0 radical (unpaired) electrons. The molecule has 4 aromatic rings. The maximum Gasteiger partial charge on any atom is 0.282 e. The Morgan fingerprint density at radius 3 is 2.35 bits per heavy atom. The number of allylic oxidation sites excluding steroid dienone is 2. The van der Waals surface area contributed by atoms with Crippen molar-refractivity contribution in [1.82, 2.24) is 29.9 Å². The monoisotopic (exact) mass is 711 g/mol. The molecule has 0 aliphatic carbocycles. The summed E-state index contributed by atoms with van der Waals surface area (Å²) in [6, 6.07) is 13.9. The summed E-state index contributed by atoms with van der Waals surface area (Å²) in [6.45, 7) is 21.6. The quantitative estimate of drug-likeness (QED) is 0.218. The van der Waals surface area contributed by atoms with Crippen LogP contribution in [-0.4, -0.2) is 74.9 Å². The second-order valence-corrected chi connectivity index (χ2v) is 14.0. The van der Waals surface area contributed by atoms with Gasteiger partial charge in [-0.05, 0) is 65.1 Å². The van der Waals surface area contributed by atoms with E-state index < -0.39 is 11.4 Å². The van der Waals surface area contributed by atoms with E-state index in [-0.39, 0.29) is 23.3 Å². The number of hydrogen-bond acceptors (Lipinski definition) is 8. The van der Waals surface area contributed by atoms with Crippen molar-refractivity contribution in [3.05, 3.63) is 112 Å². The Morgan fingerprint density at radius 1 is 1.04 bits per heavy atom. The van der Waals surface area contributed by atoms with Crippen molar-refractivity contribution < 1.29 is 14.3 Å². The number of aliphatic hydroxyl groups excluding tert-OH is 1. The average Bonchev–Trinajstić information content (AvgIpc) is 3.12. The van der Waals surface area contributed by atoms with Crippen molar-refractivity contribution in [3.63, 3.8) is 0 Å². The Balaban J connectivity index is 0.000000810. The number of amides is 1. The van der Waals surface area contributed by atoms with Crippen LogP contribution in [0.25, 0.3) is 22.0 Å². The number of carbonyl (C=O) groups excluding carboxylic acids is 1. The SMILES string of the molecule is C=C1/C=C(/Nc2ccc(CN3CC4C3CN4C)cn2)C(=O)NCc2c1cccc2-n1ncc2cc(C(C)(C)C)cc(F)c2c1=O.CC.CCC.CO. The second-order valence-electron chi connectivity index (χ2n) is 14.0. The molecule has 2 atom stereocenters. The van der Waals surface area contributed by atoms with Crippen LogP contribution in [-0.2, 0) is 23.3 Å². The van der Waals surface area contributed by atoms with E-state index in [4.69, 9.17) is 5.11 Å². The van der Waals surface area contributed by atoms with Crippen molar-refractivity contribution >= 4 is 28.1 Å². The second kappa shape index (κ2) is 17.2. The molecule has 2 saturated heterocycles. The highest BCUT2D eigenvalue weighted by atomic mass is 19.1. The Labute approximate surface area is 307 Å². The van der Waals surface area contributed by atoms with E-state index >= 15 is 4.39 Å². The van der Waals surface area contributed by atoms with Gasteiger partial charge in [0.2, 0.25) is 0 Å². The molecular formula is C41H54FN7O3. The van der Waals surface area contributed by atoms with Crippen LogP contribution >= 0.6 is 0 Å². The van der Waals surface area contributed by atoms with E-state index in [1.54, 1.807) is 18.2 Å². The number of piperazine rings is 1. The van der Waals surface area contributed by atoms with E-state index in [1.165, 1.54) is 23.4 Å². The number of benzene rings is 2. The number of likely N-dealkylation sites (N-methyl/N-ethyl adjacent to an activating group) is 1. The van der Waals surface area contributed by atoms with Crippen LogP contribution in [0.1, 0.15) is 77.1 Å². The number of aliphatic hydroxyl groups is 1. The molecule has 52 heavy (non-hydrogen) atoms. The number of carbonyl (C=O) groups is 1. The average molecular weight is 712 g/mol. The van der Waals surface area contributed by atoms with Gasteiger partial charge in [-0.25, -0.2) is 9.37 Å². The fourth-order valence-electron chi connectivity index (χ4n) is 6.48. The minimum atomic E-state index is -0.587. The number of halogens is 1. The van der Waals surface area contributed by atoms with Crippen molar-refractivity contribution in [2.45, 2.75) is 85.5 Å². The number of nitrogens with zero attached hydrogens (tertiary/aromatic N) is 5. The molecule has 7 rings (SSSR count). The van der Waals surface area contributed by atoms with Crippen LogP contribution in [0.2, 0.25) is 0 Å². The fraction of sp³-hybridized carbons (Fsp3) is 0.415. The number of anilines is 1. The zero-order valence-corrected chi connectivity index (χ0v) is 32.0. The van der Waals surface area contributed by atoms with Gasteiger partial charge in [0.1, 0.15) is 17.3 Å². The lowest BCUT2D eigenvalue weighted by Crippen LogP contribution is -2.77. The highest BCUT2D eigenvalue weighted by Crippen LogP contribution is 2.33. The number of fused-ring (bicyclic) bond motifs is 3. The molecule has 3 aliphatic rings. The fourth-order valence-corrected chi connectivity index (χ4v) is 6.48. The number of pyridine rings is 1. The topological polar surface area (TPSA) is 116 Å². The number of aromatic nitrogens is 3. The van der Waals surface area contributed by atoms with Crippen LogP contribution in [0.3, 0.4) is 0 Å². The molecule has 2 unspecified atom stereocenters. The Hall–Kier alpha value is -4.71. The molecule has 2 aromatic carbocycles. The molecule has 0 saturated carbocycles. The summed E-state index contributed by atoms with van der Waals surface area (Å²) < 4.78 is 16.5. The maximum absolute atomic E-state index is 15.3. The molecule has 3 aliphatic heterocycles. The molecule has 1 amide bonds. The molecule has 2 fully saturated rings. The van der Waals surface area contributed by atoms with Gasteiger partial charge in [0, 0.05) is 62.5 Å². The van der Waals surface area contributed by atoms with Gasteiger partial charge < -0.3 is 15.7 Å². The summed E-state index contributed by atoms with van der Waals surface area (Å²) >= 11 is 0. The number of hydrogen-bond donors (Lipinski definition) is 3. The lowest BCUT2D eigenvalue weighted by atomic mass is 9.86. The van der Waals surface area contributed by atoms with Gasteiger partial charge in [-0.2, -0.15) is 9.78 Å². The largest absolute Gasteiger partial charge is 0.400 e. The summed E-state index contributed by atoms with van der Waals surface area (Å²) in [6.07, 6.45) is 6.28. The first-order chi connectivity index (χ1) is 24.9. The van der Waals surface area contributed by atoms with Gasteiger partial charge in [0.15, 0.2) is 0 Å². The Morgan fingerprint density at radius 2 is 1.75 bits per heavy atom. The summed E-state index contributed by atoms with van der Waals surface area (Å²) in [5.41, 5.74) is 3.77. The third-order valence-electron chi connectivity index (χ3n) is 9.27. The van der Waals surface area contributed by atoms with Gasteiger partial charge in [0.05, 0.1) is 17.3 Å². The zero-order chi connectivity index (χ0) is 38.3. The molecule has 11 heteroatoms. The van der Waals surface area contributed by atoms with Gasteiger partial charge in [-0.3, -0.25) is 19.4 Å². The van der Waals surface area contributed by atoms with Crippen LogP contribution in [0, 0.1) is 5.82 Å². The Kier molecular flexibility index (Phi) is 13.3. The predicted octanol–water partition coefficient (Wildman–Crippen LogP) is 6.41. The third kappa shape index (κ3) is 8.33. The maximum atomic E-state index is 15.3. The molecule has 278 valence electrons. The normalized spacial score (nSPS) is 19.1. The minimum Gasteiger partial charge on any atom is -0.400 e. The molecule has 0 spiro atoms. The van der Waals surface area contributed by atoms with Gasteiger partial charge in [-0.1, -0.05) is 79.7 Å². The van der Waals surface area contributed by atoms with E-state index in [2.05, 4.69) is 58.0 Å². The summed E-state index contributed by atoms with van der Waals surface area (Å²) in [5, 5.41) is 17.9. The van der Waals surface area contributed by atoms with E-state index in [0.29, 0.717) is 45.8 Å². The van der Waals surface area contributed by atoms with Gasteiger partial charge in [0.25, 0.3) is 11.5 Å². The first kappa shape index (κ1) is 40.1.